The van der Waals surface area contributed by atoms with Crippen molar-refractivity contribution in [1.29, 1.82) is 0 Å². The van der Waals surface area contributed by atoms with E-state index >= 15 is 0 Å². The van der Waals surface area contributed by atoms with Gasteiger partial charge in [0.1, 0.15) is 0 Å². The summed E-state index contributed by atoms with van der Waals surface area (Å²) in [5, 5.41) is 8.41. The van der Waals surface area contributed by atoms with Crippen LogP contribution in [-0.4, -0.2) is 11.1 Å². The second kappa shape index (κ2) is 3.76. The Kier molecular flexibility index (Phi) is 2.69. The Hall–Kier alpha value is -1.51. The van der Waals surface area contributed by atoms with Crippen LogP contribution in [0.25, 0.3) is 0 Å². The van der Waals surface area contributed by atoms with Crippen molar-refractivity contribution in [3.05, 3.63) is 29.8 Å². The highest BCUT2D eigenvalue weighted by Gasteiger charge is 1.98. The third-order valence-corrected chi connectivity index (χ3v) is 1.58. The van der Waals surface area contributed by atoms with E-state index in [0.717, 1.165) is 5.56 Å². The maximum absolute atomic E-state index is 10.2. The lowest BCUT2D eigenvalue weighted by atomic mass is 10.1. The van der Waals surface area contributed by atoms with Crippen LogP contribution in [-0.2, 0) is 11.2 Å². The number of benzene rings is 1. The number of nitrogen functional groups attached to an aromatic ring is 1. The molecule has 0 radical (unpaired) electrons. The van der Waals surface area contributed by atoms with Crippen molar-refractivity contribution in [3.63, 3.8) is 0 Å². The first kappa shape index (κ1) is 8.59. The zero-order chi connectivity index (χ0) is 8.97. The fraction of sp³-hybridized carbons (Fsp3) is 0.222. The monoisotopic (exact) mass is 165 g/mol. The first-order chi connectivity index (χ1) is 5.68. The van der Waals surface area contributed by atoms with Crippen LogP contribution >= 0.6 is 0 Å². The molecule has 0 spiro atoms. The van der Waals surface area contributed by atoms with E-state index < -0.39 is 5.97 Å². The number of nitrogens with two attached hydrogens (primary N) is 1. The van der Waals surface area contributed by atoms with Gasteiger partial charge in [0.15, 0.2) is 0 Å². The Balaban J connectivity index is 2.57. The molecule has 3 N–H and O–H groups in total. The molecule has 0 saturated carbocycles. The van der Waals surface area contributed by atoms with Gasteiger partial charge in [-0.05, 0) is 24.1 Å². The summed E-state index contributed by atoms with van der Waals surface area (Å²) in [7, 11) is 0. The van der Waals surface area contributed by atoms with Gasteiger partial charge in [-0.1, -0.05) is 12.1 Å². The molecule has 0 atom stereocenters. The minimum Gasteiger partial charge on any atom is -0.481 e. The Morgan fingerprint density at radius 2 is 2.25 bits per heavy atom. The van der Waals surface area contributed by atoms with Gasteiger partial charge in [0, 0.05) is 12.1 Å². The van der Waals surface area contributed by atoms with Gasteiger partial charge in [-0.15, -0.1) is 0 Å². The Labute approximate surface area is 70.8 Å². The third-order valence-electron chi connectivity index (χ3n) is 1.58. The van der Waals surface area contributed by atoms with Crippen LogP contribution in [0.4, 0.5) is 5.69 Å². The van der Waals surface area contributed by atoms with E-state index in [0.29, 0.717) is 12.1 Å². The molecular formula is C9H11NO2. The van der Waals surface area contributed by atoms with Crippen molar-refractivity contribution in [1.82, 2.24) is 0 Å². The van der Waals surface area contributed by atoms with Crippen LogP contribution < -0.4 is 5.73 Å². The van der Waals surface area contributed by atoms with Crippen LogP contribution in [0.3, 0.4) is 0 Å². The predicted molar refractivity (Wildman–Crippen MR) is 46.8 cm³/mol. The van der Waals surface area contributed by atoms with Crippen LogP contribution in [0.5, 0.6) is 0 Å². The topological polar surface area (TPSA) is 63.3 Å². The minimum atomic E-state index is -0.780. The molecule has 0 heterocycles. The molecule has 0 aliphatic rings. The molecule has 1 rings (SSSR count). The lowest BCUT2D eigenvalue weighted by molar-refractivity contribution is -0.136. The largest absolute Gasteiger partial charge is 0.481 e. The smallest absolute Gasteiger partial charge is 0.303 e. The molecule has 0 bridgehead atoms. The zero-order valence-electron chi connectivity index (χ0n) is 6.66. The average Bonchev–Trinajstić information content (AvgIpc) is 2.01. The van der Waals surface area contributed by atoms with E-state index in [1.165, 1.54) is 0 Å². The number of rotatable bonds is 3. The van der Waals surface area contributed by atoms with Crippen LogP contribution in [0.2, 0.25) is 0 Å². The molecule has 0 aliphatic heterocycles. The molecule has 0 fully saturated rings. The number of carboxylic acid groups (broad SMARTS) is 1. The summed E-state index contributed by atoms with van der Waals surface area (Å²) >= 11 is 0. The molecule has 0 unspecified atom stereocenters. The lowest BCUT2D eigenvalue weighted by Gasteiger charge is -1.98. The molecule has 3 heteroatoms. The highest BCUT2D eigenvalue weighted by Crippen LogP contribution is 2.08. The molecule has 3 nitrogen and oxygen atoms in total. The van der Waals surface area contributed by atoms with E-state index in [1.807, 2.05) is 12.1 Å². The summed E-state index contributed by atoms with van der Waals surface area (Å²) < 4.78 is 0. The van der Waals surface area contributed by atoms with Crippen molar-refractivity contribution < 1.29 is 9.90 Å². The maximum atomic E-state index is 10.2. The van der Waals surface area contributed by atoms with Crippen molar-refractivity contribution >= 4 is 11.7 Å². The summed E-state index contributed by atoms with van der Waals surface area (Å²) in [6, 6.07) is 7.28. The molecular weight excluding hydrogens is 154 g/mol. The van der Waals surface area contributed by atoms with Gasteiger partial charge in [0.25, 0.3) is 0 Å². The lowest BCUT2D eigenvalue weighted by Crippen LogP contribution is -1.97. The number of anilines is 1. The highest BCUT2D eigenvalue weighted by molar-refractivity contribution is 5.67. The van der Waals surface area contributed by atoms with Crippen LogP contribution in [0.15, 0.2) is 24.3 Å². The standard InChI is InChI=1S/C9H11NO2/c10-8-3-1-2-7(6-8)4-5-9(11)12/h1-3,6H,4-5,10H2,(H,11,12). The van der Waals surface area contributed by atoms with Crippen LogP contribution in [0, 0.1) is 0 Å². The summed E-state index contributed by atoms with van der Waals surface area (Å²) in [5.74, 6) is -0.780. The van der Waals surface area contributed by atoms with E-state index in [1.54, 1.807) is 12.1 Å². The quantitative estimate of drug-likeness (QED) is 0.663. The molecule has 1 aromatic carbocycles. The third kappa shape index (κ3) is 2.62. The van der Waals surface area contributed by atoms with Gasteiger partial charge >= 0.3 is 5.97 Å². The van der Waals surface area contributed by atoms with Crippen molar-refractivity contribution in [3.8, 4) is 0 Å². The Morgan fingerprint density at radius 1 is 1.50 bits per heavy atom. The molecule has 0 aromatic heterocycles. The Morgan fingerprint density at radius 3 is 2.83 bits per heavy atom. The molecule has 1 aromatic rings. The van der Waals surface area contributed by atoms with Crippen molar-refractivity contribution in [2.75, 3.05) is 5.73 Å². The summed E-state index contributed by atoms with van der Waals surface area (Å²) in [5.41, 5.74) is 7.17. The fourth-order valence-electron chi connectivity index (χ4n) is 1.000. The van der Waals surface area contributed by atoms with E-state index in [4.69, 9.17) is 10.8 Å². The van der Waals surface area contributed by atoms with E-state index in [-0.39, 0.29) is 6.42 Å². The minimum absolute atomic E-state index is 0.156. The predicted octanol–water partition coefficient (Wildman–Crippen LogP) is 1.29. The summed E-state index contributed by atoms with van der Waals surface area (Å²) in [6.07, 6.45) is 0.698. The second-order valence-corrected chi connectivity index (χ2v) is 2.64. The van der Waals surface area contributed by atoms with E-state index in [2.05, 4.69) is 0 Å². The fourth-order valence-corrected chi connectivity index (χ4v) is 1.000. The van der Waals surface area contributed by atoms with Crippen molar-refractivity contribution in [2.45, 2.75) is 12.8 Å². The van der Waals surface area contributed by atoms with E-state index in [9.17, 15) is 4.79 Å². The summed E-state index contributed by atoms with van der Waals surface area (Å²) in [4.78, 5) is 10.2. The highest BCUT2D eigenvalue weighted by atomic mass is 16.4. The van der Waals surface area contributed by atoms with Gasteiger partial charge in [-0.3, -0.25) is 4.79 Å². The maximum Gasteiger partial charge on any atom is 0.303 e. The number of aryl methyl sites for hydroxylation is 1. The number of aliphatic carboxylic acids is 1. The van der Waals surface area contributed by atoms with Gasteiger partial charge in [-0.2, -0.15) is 0 Å². The van der Waals surface area contributed by atoms with Gasteiger partial charge < -0.3 is 10.8 Å². The zero-order valence-corrected chi connectivity index (χ0v) is 6.66. The van der Waals surface area contributed by atoms with Crippen molar-refractivity contribution in [2.24, 2.45) is 0 Å². The van der Waals surface area contributed by atoms with Gasteiger partial charge in [0.2, 0.25) is 0 Å². The van der Waals surface area contributed by atoms with Gasteiger partial charge in [-0.25, -0.2) is 0 Å². The van der Waals surface area contributed by atoms with Gasteiger partial charge in [0.05, 0.1) is 0 Å². The normalized spacial score (nSPS) is 9.67. The molecule has 64 valence electrons. The SMILES string of the molecule is Nc1cccc(CCC(=O)O)c1. The first-order valence-electron chi connectivity index (χ1n) is 3.74. The molecule has 0 amide bonds. The van der Waals surface area contributed by atoms with Crippen LogP contribution in [0.1, 0.15) is 12.0 Å². The number of hydrogen-bond donors (Lipinski definition) is 2. The second-order valence-electron chi connectivity index (χ2n) is 2.64. The average molecular weight is 165 g/mol. The number of hydrogen-bond acceptors (Lipinski definition) is 2. The molecule has 0 aliphatic carbocycles. The summed E-state index contributed by atoms with van der Waals surface area (Å²) in [6.45, 7) is 0. The number of carboxylic acids is 1. The molecule has 12 heavy (non-hydrogen) atoms. The first-order valence-corrected chi connectivity index (χ1v) is 3.74. The molecule has 0 saturated heterocycles. The number of carbonyl (C=O) groups is 1. The Bertz CT molecular complexity index is 284.